The number of nitriles is 1. The molecule has 0 spiro atoms. The maximum atomic E-state index is 13.5. The Morgan fingerprint density at radius 3 is 2.26 bits per heavy atom. The fourth-order valence-electron chi connectivity index (χ4n) is 3.10. The van der Waals surface area contributed by atoms with Gasteiger partial charge in [0.25, 0.3) is 0 Å². The van der Waals surface area contributed by atoms with Gasteiger partial charge < -0.3 is 19.1 Å². The van der Waals surface area contributed by atoms with Crippen molar-refractivity contribution >= 4 is 5.69 Å². The summed E-state index contributed by atoms with van der Waals surface area (Å²) in [6, 6.07) is 10.1. The van der Waals surface area contributed by atoms with Crippen LogP contribution in [-0.2, 0) is 10.9 Å². The first-order chi connectivity index (χ1) is 14.5. The molecule has 11 heteroatoms. The van der Waals surface area contributed by atoms with Gasteiger partial charge >= 0.3 is 12.4 Å². The van der Waals surface area contributed by atoms with E-state index in [1.165, 1.54) is 13.2 Å². The minimum absolute atomic E-state index is 0.252. The van der Waals surface area contributed by atoms with Crippen molar-refractivity contribution < 1.29 is 40.6 Å². The highest BCUT2D eigenvalue weighted by Gasteiger charge is 2.51. The number of rotatable bonds is 5. The Balaban J connectivity index is 1.81. The van der Waals surface area contributed by atoms with E-state index < -0.39 is 35.8 Å². The lowest BCUT2D eigenvalue weighted by Crippen LogP contribution is -2.42. The molecule has 5 nitrogen and oxygen atoms in total. The van der Waals surface area contributed by atoms with Crippen LogP contribution in [0.25, 0.3) is 0 Å². The molecule has 2 aromatic rings. The van der Waals surface area contributed by atoms with Crippen molar-refractivity contribution in [1.29, 1.82) is 5.26 Å². The Bertz CT molecular complexity index is 953. The van der Waals surface area contributed by atoms with Gasteiger partial charge in [-0.1, -0.05) is 0 Å². The molecule has 0 amide bonds. The van der Waals surface area contributed by atoms with E-state index in [9.17, 15) is 26.3 Å². The van der Waals surface area contributed by atoms with Crippen molar-refractivity contribution in [2.24, 2.45) is 0 Å². The van der Waals surface area contributed by atoms with Crippen LogP contribution in [0.5, 0.6) is 11.5 Å². The van der Waals surface area contributed by atoms with Crippen molar-refractivity contribution in [1.82, 2.24) is 0 Å². The SMILES string of the molecule is COc1ccc(OC[C@@H]2CN(c3ccc(C#N)c(C(F)(F)F)c3)[C@@H](C(F)(F)F)O2)cc1. The second-order valence-electron chi connectivity index (χ2n) is 6.63. The zero-order chi connectivity index (χ0) is 22.8. The molecular formula is C20H16F6N2O3. The first kappa shape index (κ1) is 22.6. The molecule has 2 aromatic carbocycles. The molecule has 1 aliphatic heterocycles. The van der Waals surface area contributed by atoms with Gasteiger partial charge in [-0.25, -0.2) is 0 Å². The molecule has 0 saturated carbocycles. The second-order valence-corrected chi connectivity index (χ2v) is 6.63. The lowest BCUT2D eigenvalue weighted by atomic mass is 10.1. The first-order valence-electron chi connectivity index (χ1n) is 8.90. The van der Waals surface area contributed by atoms with Gasteiger partial charge in [0.2, 0.25) is 6.23 Å². The highest BCUT2D eigenvalue weighted by Crippen LogP contribution is 2.39. The summed E-state index contributed by atoms with van der Waals surface area (Å²) in [6.07, 6.45) is -13.3. The standard InChI is InChI=1S/C20H16F6N2O3/c1-29-14-4-6-15(7-5-14)30-11-16-10-28(18(31-16)20(24,25)26)13-3-2-12(9-27)17(8-13)19(21,22)23/h2-8,16,18H,10-11H2,1H3/t16-,18+/m0/s1. The van der Waals surface area contributed by atoms with Gasteiger partial charge in [0.05, 0.1) is 30.9 Å². The predicted molar refractivity (Wildman–Crippen MR) is 96.7 cm³/mol. The molecule has 0 aromatic heterocycles. The topological polar surface area (TPSA) is 54.7 Å². The van der Waals surface area contributed by atoms with Crippen molar-refractivity contribution in [3.8, 4) is 17.6 Å². The maximum absolute atomic E-state index is 13.5. The highest BCUT2D eigenvalue weighted by molar-refractivity contribution is 5.56. The van der Waals surface area contributed by atoms with E-state index in [0.717, 1.165) is 12.1 Å². The number of hydrogen-bond donors (Lipinski definition) is 0. The van der Waals surface area contributed by atoms with E-state index in [1.807, 2.05) is 0 Å². The predicted octanol–water partition coefficient (Wildman–Crippen LogP) is 4.76. The molecule has 0 bridgehead atoms. The van der Waals surface area contributed by atoms with Crippen molar-refractivity contribution in [3.05, 3.63) is 53.6 Å². The Hall–Kier alpha value is -3.13. The van der Waals surface area contributed by atoms with Gasteiger partial charge in [-0.3, -0.25) is 0 Å². The fraction of sp³-hybridized carbons (Fsp3) is 0.350. The molecule has 1 fully saturated rings. The zero-order valence-electron chi connectivity index (χ0n) is 16.0. The monoisotopic (exact) mass is 446 g/mol. The van der Waals surface area contributed by atoms with Crippen molar-refractivity contribution in [3.63, 3.8) is 0 Å². The molecule has 1 aliphatic rings. The fourth-order valence-corrected chi connectivity index (χ4v) is 3.10. The summed E-state index contributed by atoms with van der Waals surface area (Å²) >= 11 is 0. The summed E-state index contributed by atoms with van der Waals surface area (Å²) in [5.74, 6) is 0.929. The number of anilines is 1. The summed E-state index contributed by atoms with van der Waals surface area (Å²) in [5, 5.41) is 8.88. The number of nitrogens with zero attached hydrogens (tertiary/aromatic N) is 2. The minimum atomic E-state index is -4.90. The van der Waals surface area contributed by atoms with E-state index in [4.69, 9.17) is 19.5 Å². The second kappa shape index (κ2) is 8.55. The summed E-state index contributed by atoms with van der Waals surface area (Å²) in [6.45, 7) is -0.610. The van der Waals surface area contributed by atoms with Crippen LogP contribution in [-0.4, -0.2) is 38.8 Å². The van der Waals surface area contributed by atoms with Gasteiger partial charge in [-0.15, -0.1) is 0 Å². The maximum Gasteiger partial charge on any atom is 0.433 e. The summed E-state index contributed by atoms with van der Waals surface area (Å²) in [5.41, 5.74) is -2.36. The van der Waals surface area contributed by atoms with Crippen LogP contribution in [0, 0.1) is 11.3 Å². The molecule has 31 heavy (non-hydrogen) atoms. The lowest BCUT2D eigenvalue weighted by molar-refractivity contribution is -0.215. The van der Waals surface area contributed by atoms with Crippen LogP contribution in [0.1, 0.15) is 11.1 Å². The molecule has 3 rings (SSSR count). The van der Waals surface area contributed by atoms with Crippen LogP contribution in [0.4, 0.5) is 32.0 Å². The third-order valence-electron chi connectivity index (χ3n) is 4.54. The van der Waals surface area contributed by atoms with Crippen LogP contribution < -0.4 is 14.4 Å². The van der Waals surface area contributed by atoms with Crippen LogP contribution in [0.15, 0.2) is 42.5 Å². The number of alkyl halides is 6. The smallest absolute Gasteiger partial charge is 0.433 e. The van der Waals surface area contributed by atoms with Crippen LogP contribution >= 0.6 is 0 Å². The molecule has 0 N–H and O–H groups in total. The molecule has 0 unspecified atom stereocenters. The lowest BCUT2D eigenvalue weighted by Gasteiger charge is -2.27. The number of hydrogen-bond acceptors (Lipinski definition) is 5. The minimum Gasteiger partial charge on any atom is -0.497 e. The summed E-state index contributed by atoms with van der Waals surface area (Å²) < 4.78 is 95.7. The average molecular weight is 446 g/mol. The van der Waals surface area contributed by atoms with Gasteiger partial charge in [0, 0.05) is 5.69 Å². The van der Waals surface area contributed by atoms with E-state index >= 15 is 0 Å². The van der Waals surface area contributed by atoms with E-state index in [2.05, 4.69) is 0 Å². The van der Waals surface area contributed by atoms with Gasteiger partial charge in [-0.05, 0) is 42.5 Å². The normalized spacial score (nSPS) is 19.2. The molecule has 0 radical (unpaired) electrons. The molecule has 1 heterocycles. The Morgan fingerprint density at radius 2 is 1.71 bits per heavy atom. The summed E-state index contributed by atoms with van der Waals surface area (Å²) in [4.78, 5) is 0.679. The largest absolute Gasteiger partial charge is 0.497 e. The van der Waals surface area contributed by atoms with Gasteiger partial charge in [0.1, 0.15) is 24.2 Å². The van der Waals surface area contributed by atoms with E-state index in [-0.39, 0.29) is 18.8 Å². The van der Waals surface area contributed by atoms with Crippen molar-refractivity contribution in [2.45, 2.75) is 24.7 Å². The third-order valence-corrected chi connectivity index (χ3v) is 4.54. The Kier molecular flexibility index (Phi) is 6.22. The Labute approximate surface area is 173 Å². The number of halogens is 6. The van der Waals surface area contributed by atoms with Gasteiger partial charge in [0.15, 0.2) is 0 Å². The van der Waals surface area contributed by atoms with Crippen LogP contribution in [0.2, 0.25) is 0 Å². The number of benzene rings is 2. The van der Waals surface area contributed by atoms with Crippen molar-refractivity contribution in [2.75, 3.05) is 25.2 Å². The number of methoxy groups -OCH3 is 1. The number of ether oxygens (including phenoxy) is 3. The molecule has 166 valence electrons. The summed E-state index contributed by atoms with van der Waals surface area (Å²) in [7, 11) is 1.47. The molecule has 0 aliphatic carbocycles. The zero-order valence-corrected chi connectivity index (χ0v) is 16.0. The third kappa shape index (κ3) is 5.14. The molecule has 1 saturated heterocycles. The van der Waals surface area contributed by atoms with E-state index in [0.29, 0.717) is 22.5 Å². The van der Waals surface area contributed by atoms with Gasteiger partial charge in [-0.2, -0.15) is 31.6 Å². The Morgan fingerprint density at radius 1 is 1.06 bits per heavy atom. The molecule has 2 atom stereocenters. The van der Waals surface area contributed by atoms with Crippen LogP contribution in [0.3, 0.4) is 0 Å². The molecular weight excluding hydrogens is 430 g/mol. The van der Waals surface area contributed by atoms with E-state index in [1.54, 1.807) is 24.3 Å². The average Bonchev–Trinajstić information content (AvgIpc) is 3.16. The first-order valence-corrected chi connectivity index (χ1v) is 8.90. The quantitative estimate of drug-likeness (QED) is 0.620. The highest BCUT2D eigenvalue weighted by atomic mass is 19.4.